The van der Waals surface area contributed by atoms with Gasteiger partial charge in [-0.1, -0.05) is 18.2 Å². The van der Waals surface area contributed by atoms with E-state index in [1.165, 1.54) is 11.3 Å². The molecule has 0 bridgehead atoms. The number of carbonyl (C=O) groups is 1. The minimum atomic E-state index is -0.0729. The summed E-state index contributed by atoms with van der Waals surface area (Å²) in [5.74, 6) is -0.0729. The topological polar surface area (TPSA) is 54.9 Å². The summed E-state index contributed by atoms with van der Waals surface area (Å²) >= 11 is 3.11. The molecule has 0 unspecified atom stereocenters. The Morgan fingerprint density at radius 2 is 1.96 bits per heavy atom. The van der Waals surface area contributed by atoms with Crippen molar-refractivity contribution in [2.45, 2.75) is 6.54 Å². The van der Waals surface area contributed by atoms with Crippen molar-refractivity contribution in [3.8, 4) is 9.88 Å². The molecule has 1 N–H and O–H groups in total. The number of amides is 1. The molecule has 118 valence electrons. The molecule has 0 spiro atoms. The third kappa shape index (κ3) is 3.06. The van der Waals surface area contributed by atoms with Gasteiger partial charge in [0.2, 0.25) is 0 Å². The van der Waals surface area contributed by atoms with Gasteiger partial charge in [0.25, 0.3) is 5.91 Å². The lowest BCUT2D eigenvalue weighted by atomic mass is 10.3. The quantitative estimate of drug-likeness (QED) is 0.595. The molecule has 0 radical (unpaired) electrons. The zero-order valence-corrected chi connectivity index (χ0v) is 14.2. The maximum absolute atomic E-state index is 12.3. The number of thiazole rings is 1. The first-order chi connectivity index (χ1) is 11.8. The zero-order chi connectivity index (χ0) is 16.4. The molecule has 24 heavy (non-hydrogen) atoms. The molecule has 4 nitrogen and oxygen atoms in total. The summed E-state index contributed by atoms with van der Waals surface area (Å²) < 4.78 is 1.16. The fraction of sp³-hybridized carbons (Fsp3) is 0.0556. The Bertz CT molecular complexity index is 959. The van der Waals surface area contributed by atoms with Crippen molar-refractivity contribution in [1.82, 2.24) is 15.3 Å². The largest absolute Gasteiger partial charge is 0.347 e. The molecule has 0 aliphatic carbocycles. The van der Waals surface area contributed by atoms with Gasteiger partial charge in [0.05, 0.1) is 20.0 Å². The van der Waals surface area contributed by atoms with Crippen molar-refractivity contribution >= 4 is 38.8 Å². The molecule has 3 aromatic heterocycles. The van der Waals surface area contributed by atoms with E-state index in [0.29, 0.717) is 11.4 Å². The van der Waals surface area contributed by atoms with Gasteiger partial charge in [-0.2, -0.15) is 0 Å². The highest BCUT2D eigenvalue weighted by atomic mass is 32.1. The van der Waals surface area contributed by atoms with Crippen LogP contribution in [-0.4, -0.2) is 15.9 Å². The number of thiophene rings is 1. The summed E-state index contributed by atoms with van der Waals surface area (Å²) in [6.45, 7) is 0.473. The van der Waals surface area contributed by atoms with E-state index in [1.54, 1.807) is 23.7 Å². The van der Waals surface area contributed by atoms with Crippen LogP contribution in [0.25, 0.3) is 20.1 Å². The van der Waals surface area contributed by atoms with E-state index in [2.05, 4.69) is 21.4 Å². The second kappa shape index (κ2) is 6.51. The lowest BCUT2D eigenvalue weighted by Gasteiger charge is -2.02. The molecule has 0 aliphatic rings. The summed E-state index contributed by atoms with van der Waals surface area (Å²) in [5, 5.41) is 3.87. The fourth-order valence-electron chi connectivity index (χ4n) is 2.32. The van der Waals surface area contributed by atoms with Crippen LogP contribution in [0.2, 0.25) is 0 Å². The van der Waals surface area contributed by atoms with Crippen LogP contribution >= 0.6 is 22.7 Å². The second-order valence-electron chi connectivity index (χ2n) is 5.19. The van der Waals surface area contributed by atoms with Gasteiger partial charge in [-0.3, -0.25) is 9.78 Å². The van der Waals surface area contributed by atoms with Crippen LogP contribution in [0, 0.1) is 0 Å². The SMILES string of the molecule is O=C(NCc1cccnc1)c1ccc(-c2nc3ccccc3s2)s1. The number of pyridine rings is 1. The lowest BCUT2D eigenvalue weighted by Crippen LogP contribution is -2.21. The van der Waals surface area contributed by atoms with Crippen LogP contribution < -0.4 is 5.32 Å². The van der Waals surface area contributed by atoms with Crippen molar-refractivity contribution in [3.63, 3.8) is 0 Å². The standard InChI is InChI=1S/C18H13N3OS2/c22-17(20-11-12-4-3-9-19-10-12)15-7-8-16(23-15)18-21-13-5-1-2-6-14(13)24-18/h1-10H,11H2,(H,20,22). The molecule has 0 aliphatic heterocycles. The molecule has 4 aromatic rings. The molecular formula is C18H13N3OS2. The summed E-state index contributed by atoms with van der Waals surface area (Å²) in [4.78, 5) is 22.7. The van der Waals surface area contributed by atoms with Gasteiger partial charge in [0.1, 0.15) is 5.01 Å². The van der Waals surface area contributed by atoms with E-state index >= 15 is 0 Å². The summed E-state index contributed by atoms with van der Waals surface area (Å²) in [5.41, 5.74) is 1.97. The van der Waals surface area contributed by atoms with Crippen LogP contribution in [0.3, 0.4) is 0 Å². The first-order valence-corrected chi connectivity index (χ1v) is 9.06. The van der Waals surface area contributed by atoms with Crippen molar-refractivity contribution < 1.29 is 4.79 Å². The Hall–Kier alpha value is -2.57. The molecule has 1 amide bonds. The molecule has 0 saturated heterocycles. The highest BCUT2D eigenvalue weighted by Crippen LogP contribution is 2.34. The van der Waals surface area contributed by atoms with E-state index in [4.69, 9.17) is 0 Å². The highest BCUT2D eigenvalue weighted by Gasteiger charge is 2.13. The molecular weight excluding hydrogens is 338 g/mol. The van der Waals surface area contributed by atoms with Crippen LogP contribution in [0.1, 0.15) is 15.2 Å². The average Bonchev–Trinajstić information content (AvgIpc) is 3.27. The van der Waals surface area contributed by atoms with Gasteiger partial charge in [-0.25, -0.2) is 4.98 Å². The summed E-state index contributed by atoms with van der Waals surface area (Å²) in [7, 11) is 0. The second-order valence-corrected chi connectivity index (χ2v) is 7.31. The van der Waals surface area contributed by atoms with Gasteiger partial charge in [-0.15, -0.1) is 22.7 Å². The maximum Gasteiger partial charge on any atom is 0.261 e. The maximum atomic E-state index is 12.3. The smallest absolute Gasteiger partial charge is 0.261 e. The fourth-order valence-corrected chi connectivity index (χ4v) is 4.27. The number of nitrogens with one attached hydrogen (secondary N) is 1. The van der Waals surface area contributed by atoms with Crippen molar-refractivity contribution in [2.24, 2.45) is 0 Å². The van der Waals surface area contributed by atoms with Gasteiger partial charge in [0, 0.05) is 18.9 Å². The number of hydrogen-bond donors (Lipinski definition) is 1. The normalized spacial score (nSPS) is 10.8. The molecule has 1 aromatic carbocycles. The number of benzene rings is 1. The number of hydrogen-bond acceptors (Lipinski definition) is 5. The minimum Gasteiger partial charge on any atom is -0.347 e. The number of nitrogens with zero attached hydrogens (tertiary/aromatic N) is 2. The number of para-hydroxylation sites is 1. The van der Waals surface area contributed by atoms with E-state index in [1.807, 2.05) is 42.5 Å². The molecule has 4 rings (SSSR count). The minimum absolute atomic E-state index is 0.0729. The van der Waals surface area contributed by atoms with Gasteiger partial charge in [-0.05, 0) is 35.9 Å². The van der Waals surface area contributed by atoms with Gasteiger partial charge in [0.15, 0.2) is 0 Å². The number of rotatable bonds is 4. The van der Waals surface area contributed by atoms with Gasteiger partial charge < -0.3 is 5.32 Å². The number of fused-ring (bicyclic) bond motifs is 1. The van der Waals surface area contributed by atoms with E-state index in [0.717, 1.165) is 25.7 Å². The summed E-state index contributed by atoms with van der Waals surface area (Å²) in [6, 6.07) is 15.7. The Labute approximate surface area is 146 Å². The molecule has 3 heterocycles. The van der Waals surface area contributed by atoms with Crippen LogP contribution in [0.4, 0.5) is 0 Å². The average molecular weight is 351 g/mol. The molecule has 0 atom stereocenters. The van der Waals surface area contributed by atoms with E-state index < -0.39 is 0 Å². The Kier molecular flexibility index (Phi) is 4.06. The Morgan fingerprint density at radius 3 is 2.79 bits per heavy atom. The van der Waals surface area contributed by atoms with Crippen molar-refractivity contribution in [3.05, 3.63) is 71.4 Å². The van der Waals surface area contributed by atoms with Crippen molar-refractivity contribution in [1.29, 1.82) is 0 Å². The number of aromatic nitrogens is 2. The monoisotopic (exact) mass is 351 g/mol. The van der Waals surface area contributed by atoms with Gasteiger partial charge >= 0.3 is 0 Å². The van der Waals surface area contributed by atoms with Crippen molar-refractivity contribution in [2.75, 3.05) is 0 Å². The first kappa shape index (κ1) is 15.0. The van der Waals surface area contributed by atoms with E-state index in [-0.39, 0.29) is 5.91 Å². The predicted octanol–water partition coefficient (Wildman–Crippen LogP) is 4.35. The lowest BCUT2D eigenvalue weighted by molar-refractivity contribution is 0.0955. The van der Waals surface area contributed by atoms with Crippen LogP contribution in [0.15, 0.2) is 60.9 Å². The van der Waals surface area contributed by atoms with Crippen LogP contribution in [-0.2, 0) is 6.54 Å². The third-order valence-electron chi connectivity index (χ3n) is 3.51. The first-order valence-electron chi connectivity index (χ1n) is 7.42. The third-order valence-corrected chi connectivity index (χ3v) is 5.80. The molecule has 0 saturated carbocycles. The van der Waals surface area contributed by atoms with E-state index in [9.17, 15) is 4.79 Å². The zero-order valence-electron chi connectivity index (χ0n) is 12.6. The molecule has 0 fully saturated rings. The number of carbonyl (C=O) groups excluding carboxylic acids is 1. The summed E-state index contributed by atoms with van der Waals surface area (Å²) in [6.07, 6.45) is 3.47. The Morgan fingerprint density at radius 1 is 1.04 bits per heavy atom. The Balaban J connectivity index is 1.50. The highest BCUT2D eigenvalue weighted by molar-refractivity contribution is 7.26. The van der Waals surface area contributed by atoms with Crippen LogP contribution in [0.5, 0.6) is 0 Å². The predicted molar refractivity (Wildman–Crippen MR) is 98.3 cm³/mol. The molecule has 6 heteroatoms.